The second-order valence-electron chi connectivity index (χ2n) is 7.55. The molecule has 0 aliphatic carbocycles. The van der Waals surface area contributed by atoms with E-state index in [1.54, 1.807) is 36.4 Å². The van der Waals surface area contributed by atoms with Gasteiger partial charge in [-0.3, -0.25) is 9.69 Å². The Hall–Kier alpha value is -3.06. The first-order chi connectivity index (χ1) is 13.9. The molecule has 0 aromatic heterocycles. The van der Waals surface area contributed by atoms with E-state index in [9.17, 15) is 9.59 Å². The molecule has 0 radical (unpaired) electrons. The number of rotatable bonds is 6. The Morgan fingerprint density at radius 3 is 2.55 bits per heavy atom. The molecule has 7 nitrogen and oxygen atoms in total. The molecule has 3 rings (SSSR count). The van der Waals surface area contributed by atoms with Crippen LogP contribution in [0.1, 0.15) is 28.8 Å². The van der Waals surface area contributed by atoms with Crippen LogP contribution in [0, 0.1) is 5.92 Å². The summed E-state index contributed by atoms with van der Waals surface area (Å²) >= 11 is 0. The van der Waals surface area contributed by atoms with E-state index >= 15 is 0 Å². The van der Waals surface area contributed by atoms with Crippen LogP contribution < -0.4 is 16.4 Å². The van der Waals surface area contributed by atoms with E-state index < -0.39 is 12.0 Å². The summed E-state index contributed by atoms with van der Waals surface area (Å²) in [5.41, 5.74) is 13.8. The molecule has 1 fully saturated rings. The zero-order valence-electron chi connectivity index (χ0n) is 16.7. The highest BCUT2D eigenvalue weighted by Gasteiger charge is 2.23. The molecule has 1 saturated heterocycles. The van der Waals surface area contributed by atoms with E-state index in [2.05, 4.69) is 11.9 Å². The Morgan fingerprint density at radius 1 is 1.17 bits per heavy atom. The van der Waals surface area contributed by atoms with Gasteiger partial charge >= 0.3 is 6.09 Å². The van der Waals surface area contributed by atoms with Gasteiger partial charge in [0.05, 0.1) is 24.5 Å². The van der Waals surface area contributed by atoms with Gasteiger partial charge in [0.1, 0.15) is 0 Å². The molecule has 0 spiro atoms. The van der Waals surface area contributed by atoms with Crippen molar-refractivity contribution in [3.8, 4) is 0 Å². The minimum absolute atomic E-state index is 0.274. The molecule has 1 unspecified atom stereocenters. The smallest absolute Gasteiger partial charge is 0.414 e. The van der Waals surface area contributed by atoms with Crippen LogP contribution in [0.5, 0.6) is 0 Å². The van der Waals surface area contributed by atoms with Crippen molar-refractivity contribution in [2.45, 2.75) is 19.4 Å². The number of piperidine rings is 1. The van der Waals surface area contributed by atoms with Crippen molar-refractivity contribution in [1.29, 1.82) is 0 Å². The number of hydrogen-bond acceptors (Lipinski definition) is 5. The summed E-state index contributed by atoms with van der Waals surface area (Å²) in [5, 5.41) is 0. The highest BCUT2D eigenvalue weighted by Crippen LogP contribution is 2.26. The van der Waals surface area contributed by atoms with Crippen LogP contribution in [-0.4, -0.2) is 43.6 Å². The zero-order valence-corrected chi connectivity index (χ0v) is 16.7. The quantitative estimate of drug-likeness (QED) is 0.731. The predicted molar refractivity (Wildman–Crippen MR) is 114 cm³/mol. The van der Waals surface area contributed by atoms with Crippen LogP contribution in [0.15, 0.2) is 48.5 Å². The number of benzene rings is 2. The molecule has 1 atom stereocenters. The van der Waals surface area contributed by atoms with Gasteiger partial charge in [0.25, 0.3) is 0 Å². The number of carbonyl (C=O) groups excluding carboxylic acids is 2. The first kappa shape index (κ1) is 20.7. The van der Waals surface area contributed by atoms with Crippen molar-refractivity contribution in [2.75, 3.05) is 37.4 Å². The molecule has 2 aromatic rings. The third-order valence-corrected chi connectivity index (χ3v) is 5.19. The summed E-state index contributed by atoms with van der Waals surface area (Å²) in [6, 6.07) is 14.0. The highest BCUT2D eigenvalue weighted by molar-refractivity contribution is 5.93. The third-order valence-electron chi connectivity index (χ3n) is 5.19. The Balaban J connectivity index is 1.74. The largest absolute Gasteiger partial charge is 0.449 e. The average molecular weight is 396 g/mol. The van der Waals surface area contributed by atoms with Crippen LogP contribution in [0.4, 0.5) is 16.2 Å². The van der Waals surface area contributed by atoms with Crippen LogP contribution in [0.3, 0.4) is 0 Å². The number of nitrogens with two attached hydrogens (primary N) is 2. The van der Waals surface area contributed by atoms with Gasteiger partial charge in [-0.1, -0.05) is 24.3 Å². The molecule has 0 bridgehead atoms. The molecular formula is C22H28N4O3. The van der Waals surface area contributed by atoms with Crippen molar-refractivity contribution >= 4 is 23.4 Å². The predicted octanol–water partition coefficient (Wildman–Crippen LogP) is 2.85. The summed E-state index contributed by atoms with van der Waals surface area (Å²) < 4.78 is 5.67. The maximum atomic E-state index is 13.0. The summed E-state index contributed by atoms with van der Waals surface area (Å²) in [6.45, 7) is 2.66. The molecule has 7 heteroatoms. The minimum Gasteiger partial charge on any atom is -0.449 e. The molecule has 4 N–H and O–H groups in total. The van der Waals surface area contributed by atoms with Crippen molar-refractivity contribution in [1.82, 2.24) is 4.90 Å². The van der Waals surface area contributed by atoms with Crippen molar-refractivity contribution in [3.63, 3.8) is 0 Å². The molecule has 1 heterocycles. The van der Waals surface area contributed by atoms with Gasteiger partial charge in [0.15, 0.2) is 0 Å². The Morgan fingerprint density at radius 2 is 1.90 bits per heavy atom. The molecule has 0 saturated carbocycles. The minimum atomic E-state index is -0.488. The lowest BCUT2D eigenvalue weighted by molar-refractivity contribution is 0.0998. The molecule has 29 heavy (non-hydrogen) atoms. The Kier molecular flexibility index (Phi) is 6.72. The second-order valence-corrected chi connectivity index (χ2v) is 7.55. The second kappa shape index (κ2) is 9.43. The lowest BCUT2D eigenvalue weighted by Crippen LogP contribution is -2.37. The van der Waals surface area contributed by atoms with Crippen LogP contribution in [0.2, 0.25) is 0 Å². The number of hydrogen-bond donors (Lipinski definition) is 2. The fraction of sp³-hybridized carbons (Fsp3) is 0.364. The van der Waals surface area contributed by atoms with Crippen LogP contribution in [-0.2, 0) is 11.3 Å². The molecule has 2 aromatic carbocycles. The fourth-order valence-corrected chi connectivity index (χ4v) is 3.61. The van der Waals surface area contributed by atoms with E-state index in [1.165, 1.54) is 4.90 Å². The van der Waals surface area contributed by atoms with Crippen LogP contribution in [0.25, 0.3) is 0 Å². The zero-order chi connectivity index (χ0) is 20.8. The molecule has 2 amide bonds. The summed E-state index contributed by atoms with van der Waals surface area (Å²) in [4.78, 5) is 28.0. The molecule has 1 aliphatic heterocycles. The normalized spacial score (nSPS) is 16.9. The molecule has 154 valence electrons. The van der Waals surface area contributed by atoms with Gasteiger partial charge in [-0.15, -0.1) is 0 Å². The maximum absolute atomic E-state index is 13.0. The first-order valence-electron chi connectivity index (χ1n) is 9.80. The monoisotopic (exact) mass is 396 g/mol. The average Bonchev–Trinajstić information content (AvgIpc) is 2.71. The van der Waals surface area contributed by atoms with E-state index in [0.717, 1.165) is 31.5 Å². The van der Waals surface area contributed by atoms with Gasteiger partial charge in [-0.05, 0) is 56.3 Å². The lowest BCUT2D eigenvalue weighted by atomic mass is 10.00. The number of amides is 2. The fourth-order valence-electron chi connectivity index (χ4n) is 3.61. The number of primary amides is 1. The van der Waals surface area contributed by atoms with Crippen LogP contribution >= 0.6 is 0 Å². The summed E-state index contributed by atoms with van der Waals surface area (Å²) in [5.74, 6) is -0.153. The van der Waals surface area contributed by atoms with Gasteiger partial charge in [0, 0.05) is 18.0 Å². The first-order valence-corrected chi connectivity index (χ1v) is 9.80. The van der Waals surface area contributed by atoms with Crippen molar-refractivity contribution < 1.29 is 14.3 Å². The van der Waals surface area contributed by atoms with Gasteiger partial charge in [-0.25, -0.2) is 4.79 Å². The number of para-hydroxylation sites is 2. The van der Waals surface area contributed by atoms with E-state index in [0.29, 0.717) is 29.5 Å². The number of anilines is 2. The van der Waals surface area contributed by atoms with E-state index in [4.69, 9.17) is 16.2 Å². The van der Waals surface area contributed by atoms with E-state index in [1.807, 2.05) is 12.1 Å². The number of nitrogens with zero attached hydrogens (tertiary/aromatic N) is 2. The van der Waals surface area contributed by atoms with Crippen molar-refractivity contribution in [3.05, 3.63) is 59.7 Å². The SMILES string of the molecule is CN1CCCC(COC(=O)N(Cc2ccc(C(N)=O)cc2)c2ccccc2N)C1. The standard InChI is InChI=1S/C22H28N4O3/c1-25-12-4-5-17(13-25)15-29-22(28)26(20-7-3-2-6-19(20)23)14-16-8-10-18(11-9-16)21(24)27/h2-3,6-11,17H,4-5,12-15,23H2,1H3,(H2,24,27). The highest BCUT2D eigenvalue weighted by atomic mass is 16.6. The Bertz CT molecular complexity index is 853. The van der Waals surface area contributed by atoms with Gasteiger partial charge in [0.2, 0.25) is 5.91 Å². The van der Waals surface area contributed by atoms with Gasteiger partial charge < -0.3 is 21.1 Å². The maximum Gasteiger partial charge on any atom is 0.414 e. The van der Waals surface area contributed by atoms with Gasteiger partial charge in [-0.2, -0.15) is 0 Å². The lowest BCUT2D eigenvalue weighted by Gasteiger charge is -2.30. The number of nitrogen functional groups attached to an aromatic ring is 1. The Labute approximate surface area is 171 Å². The molecular weight excluding hydrogens is 368 g/mol. The molecule has 1 aliphatic rings. The number of likely N-dealkylation sites (tertiary alicyclic amines) is 1. The number of ether oxygens (including phenoxy) is 1. The summed E-state index contributed by atoms with van der Waals surface area (Å²) in [7, 11) is 2.08. The van der Waals surface area contributed by atoms with Crippen molar-refractivity contribution in [2.24, 2.45) is 11.7 Å². The van der Waals surface area contributed by atoms with E-state index in [-0.39, 0.29) is 6.54 Å². The third kappa shape index (κ3) is 5.48. The number of carbonyl (C=O) groups is 2. The topological polar surface area (TPSA) is 102 Å². The summed E-state index contributed by atoms with van der Waals surface area (Å²) in [6.07, 6.45) is 1.73.